The first-order valence-electron chi connectivity index (χ1n) is 7.87. The van der Waals surface area contributed by atoms with Crippen molar-refractivity contribution < 1.29 is 4.74 Å². The minimum absolute atomic E-state index is 0.767. The van der Waals surface area contributed by atoms with E-state index in [4.69, 9.17) is 4.74 Å². The largest absolute Gasteiger partial charge is 0.379 e. The second-order valence-electron chi connectivity index (χ2n) is 5.74. The average molecular weight is 301 g/mol. The van der Waals surface area contributed by atoms with Gasteiger partial charge in [-0.2, -0.15) is 0 Å². The minimum Gasteiger partial charge on any atom is -0.379 e. The van der Waals surface area contributed by atoms with Crippen molar-refractivity contribution in [3.05, 3.63) is 23.7 Å². The van der Waals surface area contributed by atoms with Gasteiger partial charge >= 0.3 is 0 Å². The van der Waals surface area contributed by atoms with E-state index in [-0.39, 0.29) is 0 Å². The number of nitrogens with zero attached hydrogens (tertiary/aromatic N) is 4. The molecule has 1 N–H and O–H groups in total. The Hall–Kier alpha value is -1.79. The van der Waals surface area contributed by atoms with Crippen LogP contribution in [0.3, 0.4) is 0 Å². The number of anilines is 1. The predicted octanol–water partition coefficient (Wildman–Crippen LogP) is 1.78. The average Bonchev–Trinajstić information content (AvgIpc) is 2.52. The molecule has 0 unspecified atom stereocenters. The molecule has 0 atom stereocenters. The predicted molar refractivity (Wildman–Crippen MR) is 87.2 cm³/mol. The van der Waals surface area contributed by atoms with E-state index >= 15 is 0 Å². The first kappa shape index (κ1) is 15.1. The van der Waals surface area contributed by atoms with Crippen molar-refractivity contribution in [1.82, 2.24) is 19.9 Å². The summed E-state index contributed by atoms with van der Waals surface area (Å²) in [6, 6.07) is 2.07. The Kier molecular flexibility index (Phi) is 4.80. The van der Waals surface area contributed by atoms with E-state index in [1.807, 2.05) is 6.92 Å². The molecule has 3 heterocycles. The van der Waals surface area contributed by atoms with Crippen molar-refractivity contribution in [2.24, 2.45) is 0 Å². The SMILES string of the molecule is Cc1cc(C)c2c(NCCCN3CCOCC3)ncnc2n1. The van der Waals surface area contributed by atoms with Gasteiger partial charge in [0.15, 0.2) is 5.65 Å². The van der Waals surface area contributed by atoms with Gasteiger partial charge in [-0.15, -0.1) is 0 Å². The van der Waals surface area contributed by atoms with E-state index in [1.54, 1.807) is 6.33 Å². The Morgan fingerprint density at radius 2 is 2.05 bits per heavy atom. The quantitative estimate of drug-likeness (QED) is 0.849. The summed E-state index contributed by atoms with van der Waals surface area (Å²) in [5, 5.41) is 4.47. The third-order valence-electron chi connectivity index (χ3n) is 3.98. The fourth-order valence-corrected chi connectivity index (χ4v) is 2.88. The van der Waals surface area contributed by atoms with Crippen molar-refractivity contribution in [3.8, 4) is 0 Å². The van der Waals surface area contributed by atoms with Gasteiger partial charge in [-0.3, -0.25) is 4.90 Å². The van der Waals surface area contributed by atoms with E-state index in [9.17, 15) is 0 Å². The number of hydrogen-bond donors (Lipinski definition) is 1. The number of pyridine rings is 1. The minimum atomic E-state index is 0.767. The fraction of sp³-hybridized carbons (Fsp3) is 0.562. The van der Waals surface area contributed by atoms with Crippen molar-refractivity contribution in [2.45, 2.75) is 20.3 Å². The van der Waals surface area contributed by atoms with Gasteiger partial charge in [0.05, 0.1) is 18.6 Å². The first-order valence-corrected chi connectivity index (χ1v) is 7.87. The highest BCUT2D eigenvalue weighted by atomic mass is 16.5. The second kappa shape index (κ2) is 6.98. The molecule has 2 aromatic heterocycles. The van der Waals surface area contributed by atoms with Crippen LogP contribution in [0.1, 0.15) is 17.7 Å². The molecule has 6 heteroatoms. The van der Waals surface area contributed by atoms with E-state index in [0.717, 1.165) is 68.4 Å². The summed E-state index contributed by atoms with van der Waals surface area (Å²) in [6.07, 6.45) is 2.67. The highest BCUT2D eigenvalue weighted by Crippen LogP contribution is 2.22. The van der Waals surface area contributed by atoms with Gasteiger partial charge in [0.25, 0.3) is 0 Å². The number of morpholine rings is 1. The van der Waals surface area contributed by atoms with E-state index in [2.05, 4.69) is 38.2 Å². The number of aryl methyl sites for hydroxylation is 2. The summed E-state index contributed by atoms with van der Waals surface area (Å²) in [5.74, 6) is 0.886. The third kappa shape index (κ3) is 3.51. The van der Waals surface area contributed by atoms with Crippen LogP contribution in [0.4, 0.5) is 5.82 Å². The summed E-state index contributed by atoms with van der Waals surface area (Å²) in [7, 11) is 0. The monoisotopic (exact) mass is 301 g/mol. The maximum absolute atomic E-state index is 5.37. The van der Waals surface area contributed by atoms with Crippen LogP contribution in [0, 0.1) is 13.8 Å². The molecular weight excluding hydrogens is 278 g/mol. The van der Waals surface area contributed by atoms with Gasteiger partial charge in [0.2, 0.25) is 0 Å². The summed E-state index contributed by atoms with van der Waals surface area (Å²) in [5.41, 5.74) is 2.92. The van der Waals surface area contributed by atoms with E-state index in [1.165, 1.54) is 5.56 Å². The molecule has 0 aliphatic carbocycles. The Morgan fingerprint density at radius 1 is 1.23 bits per heavy atom. The molecule has 1 fully saturated rings. The van der Waals surface area contributed by atoms with Crippen molar-refractivity contribution in [2.75, 3.05) is 44.7 Å². The van der Waals surface area contributed by atoms with Gasteiger partial charge in [-0.1, -0.05) is 0 Å². The van der Waals surface area contributed by atoms with Crippen LogP contribution < -0.4 is 5.32 Å². The zero-order valence-electron chi connectivity index (χ0n) is 13.3. The smallest absolute Gasteiger partial charge is 0.165 e. The number of aromatic nitrogens is 3. The molecule has 6 nitrogen and oxygen atoms in total. The molecule has 0 aromatic carbocycles. The van der Waals surface area contributed by atoms with Crippen LogP contribution in [0.25, 0.3) is 11.0 Å². The summed E-state index contributed by atoms with van der Waals surface area (Å²) in [4.78, 5) is 15.6. The van der Waals surface area contributed by atoms with Crippen LogP contribution in [-0.4, -0.2) is 59.2 Å². The normalized spacial score (nSPS) is 16.1. The van der Waals surface area contributed by atoms with Crippen LogP contribution in [0.5, 0.6) is 0 Å². The second-order valence-corrected chi connectivity index (χ2v) is 5.74. The Labute approximate surface area is 130 Å². The molecule has 3 rings (SSSR count). The molecule has 0 radical (unpaired) electrons. The van der Waals surface area contributed by atoms with Crippen LogP contribution in [0.15, 0.2) is 12.4 Å². The van der Waals surface area contributed by atoms with Gasteiger partial charge in [0, 0.05) is 25.3 Å². The van der Waals surface area contributed by atoms with Gasteiger partial charge < -0.3 is 10.1 Å². The molecule has 1 aliphatic rings. The summed E-state index contributed by atoms with van der Waals surface area (Å²) < 4.78 is 5.37. The standard InChI is InChI=1S/C16H23N5O/c1-12-10-13(2)20-16-14(12)15(18-11-19-16)17-4-3-5-21-6-8-22-9-7-21/h10-11H,3-9H2,1-2H3,(H,17,18,19,20). The Balaban J connectivity index is 1.61. The maximum atomic E-state index is 5.37. The van der Waals surface area contributed by atoms with Gasteiger partial charge in [-0.25, -0.2) is 15.0 Å². The Morgan fingerprint density at radius 3 is 2.86 bits per heavy atom. The van der Waals surface area contributed by atoms with Crippen molar-refractivity contribution in [3.63, 3.8) is 0 Å². The number of rotatable bonds is 5. The molecule has 0 bridgehead atoms. The molecular formula is C16H23N5O. The number of hydrogen-bond acceptors (Lipinski definition) is 6. The van der Waals surface area contributed by atoms with Crippen molar-refractivity contribution in [1.29, 1.82) is 0 Å². The highest BCUT2D eigenvalue weighted by molar-refractivity contribution is 5.89. The van der Waals surface area contributed by atoms with Crippen LogP contribution >= 0.6 is 0 Å². The van der Waals surface area contributed by atoms with E-state index in [0.29, 0.717) is 0 Å². The number of ether oxygens (including phenoxy) is 1. The summed E-state index contributed by atoms with van der Waals surface area (Å²) >= 11 is 0. The molecule has 2 aromatic rings. The lowest BCUT2D eigenvalue weighted by atomic mass is 10.1. The topological polar surface area (TPSA) is 63.2 Å². The van der Waals surface area contributed by atoms with E-state index < -0.39 is 0 Å². The zero-order chi connectivity index (χ0) is 15.4. The molecule has 1 aliphatic heterocycles. The highest BCUT2D eigenvalue weighted by Gasteiger charge is 2.10. The molecule has 22 heavy (non-hydrogen) atoms. The third-order valence-corrected chi connectivity index (χ3v) is 3.98. The lowest BCUT2D eigenvalue weighted by molar-refractivity contribution is 0.0378. The Bertz CT molecular complexity index is 640. The first-order chi connectivity index (χ1) is 10.7. The van der Waals surface area contributed by atoms with Crippen LogP contribution in [-0.2, 0) is 4.74 Å². The number of nitrogens with one attached hydrogen (secondary N) is 1. The number of fused-ring (bicyclic) bond motifs is 1. The zero-order valence-corrected chi connectivity index (χ0v) is 13.3. The fourth-order valence-electron chi connectivity index (χ4n) is 2.88. The molecule has 0 saturated carbocycles. The van der Waals surface area contributed by atoms with Gasteiger partial charge in [-0.05, 0) is 38.4 Å². The van der Waals surface area contributed by atoms with Crippen LogP contribution in [0.2, 0.25) is 0 Å². The summed E-state index contributed by atoms with van der Waals surface area (Å²) in [6.45, 7) is 9.86. The van der Waals surface area contributed by atoms with Gasteiger partial charge in [0.1, 0.15) is 12.1 Å². The molecule has 118 valence electrons. The lowest BCUT2D eigenvalue weighted by Gasteiger charge is -2.26. The molecule has 0 spiro atoms. The van der Waals surface area contributed by atoms with Crippen molar-refractivity contribution >= 4 is 16.9 Å². The maximum Gasteiger partial charge on any atom is 0.165 e. The lowest BCUT2D eigenvalue weighted by Crippen LogP contribution is -2.37. The molecule has 0 amide bonds. The molecule has 1 saturated heterocycles.